The average Bonchev–Trinajstić information content (AvgIpc) is 2.39. The average molecular weight is 248 g/mol. The Morgan fingerprint density at radius 2 is 1.94 bits per heavy atom. The minimum atomic E-state index is -0.443. The molecule has 0 saturated heterocycles. The predicted octanol–water partition coefficient (Wildman–Crippen LogP) is 2.69. The molecule has 3 heteroatoms. The van der Waals surface area contributed by atoms with E-state index in [4.69, 9.17) is 0 Å². The van der Waals surface area contributed by atoms with Gasteiger partial charge < -0.3 is 10.0 Å². The van der Waals surface area contributed by atoms with Gasteiger partial charge in [0.15, 0.2) is 0 Å². The van der Waals surface area contributed by atoms with Gasteiger partial charge in [-0.1, -0.05) is 19.3 Å². The van der Waals surface area contributed by atoms with Gasteiger partial charge in [-0.05, 0) is 45.5 Å². The molecule has 0 bridgehead atoms. The number of pyridine rings is 1. The molecule has 1 aromatic heterocycles. The molecule has 100 valence electrons. The van der Waals surface area contributed by atoms with E-state index in [9.17, 15) is 5.11 Å². The van der Waals surface area contributed by atoms with Gasteiger partial charge in [0, 0.05) is 18.0 Å². The third-order valence-electron chi connectivity index (χ3n) is 4.49. The molecule has 1 aromatic rings. The van der Waals surface area contributed by atoms with Crippen molar-refractivity contribution >= 4 is 0 Å². The molecule has 0 aliphatic heterocycles. The van der Waals surface area contributed by atoms with Crippen molar-refractivity contribution in [2.45, 2.75) is 50.7 Å². The molecule has 2 rings (SSSR count). The number of aromatic nitrogens is 1. The zero-order chi connectivity index (χ0) is 13.2. The van der Waals surface area contributed by atoms with Gasteiger partial charge in [-0.2, -0.15) is 0 Å². The Kier molecular flexibility index (Phi) is 4.03. The first kappa shape index (κ1) is 13.5. The monoisotopic (exact) mass is 248 g/mol. The highest BCUT2D eigenvalue weighted by Crippen LogP contribution is 2.42. The third-order valence-corrected chi connectivity index (χ3v) is 4.49. The van der Waals surface area contributed by atoms with Crippen molar-refractivity contribution in [3.63, 3.8) is 0 Å². The third kappa shape index (κ3) is 2.29. The molecule has 1 aliphatic rings. The molecule has 1 unspecified atom stereocenters. The summed E-state index contributed by atoms with van der Waals surface area (Å²) in [5, 5.41) is 10.9. The van der Waals surface area contributed by atoms with E-state index < -0.39 is 6.10 Å². The lowest BCUT2D eigenvalue weighted by Crippen LogP contribution is -2.50. The lowest BCUT2D eigenvalue weighted by Gasteiger charge is -2.46. The first-order valence-corrected chi connectivity index (χ1v) is 6.84. The predicted molar refractivity (Wildman–Crippen MR) is 73.4 cm³/mol. The number of aryl methyl sites for hydroxylation is 1. The number of aliphatic hydroxyl groups is 1. The fourth-order valence-electron chi connectivity index (χ4n) is 3.18. The summed E-state index contributed by atoms with van der Waals surface area (Å²) in [6.07, 6.45) is 8.98. The van der Waals surface area contributed by atoms with E-state index in [0.29, 0.717) is 0 Å². The second-order valence-electron chi connectivity index (χ2n) is 5.69. The van der Waals surface area contributed by atoms with E-state index >= 15 is 0 Å². The van der Waals surface area contributed by atoms with E-state index in [0.717, 1.165) is 24.0 Å². The number of hydrogen-bond acceptors (Lipinski definition) is 3. The first-order chi connectivity index (χ1) is 8.58. The summed E-state index contributed by atoms with van der Waals surface area (Å²) in [5.41, 5.74) is 1.99. The van der Waals surface area contributed by atoms with Crippen molar-refractivity contribution in [3.8, 4) is 0 Å². The summed E-state index contributed by atoms with van der Waals surface area (Å²) in [6.45, 7) is 2.05. The maximum Gasteiger partial charge on any atom is 0.0990 e. The number of hydrogen-bond donors (Lipinski definition) is 1. The maximum atomic E-state index is 10.9. The highest BCUT2D eigenvalue weighted by atomic mass is 16.3. The summed E-state index contributed by atoms with van der Waals surface area (Å²) in [7, 11) is 4.17. The van der Waals surface area contributed by atoms with Gasteiger partial charge >= 0.3 is 0 Å². The molecule has 1 aliphatic carbocycles. The Labute approximate surface area is 110 Å². The number of aliphatic hydroxyl groups excluding tert-OH is 1. The minimum absolute atomic E-state index is 0.119. The van der Waals surface area contributed by atoms with Gasteiger partial charge in [0.25, 0.3) is 0 Å². The van der Waals surface area contributed by atoms with Crippen LogP contribution in [0.4, 0.5) is 0 Å². The van der Waals surface area contributed by atoms with Crippen molar-refractivity contribution in [2.24, 2.45) is 0 Å². The van der Waals surface area contributed by atoms with Crippen molar-refractivity contribution < 1.29 is 5.11 Å². The molecular formula is C15H24N2O. The molecule has 1 saturated carbocycles. The van der Waals surface area contributed by atoms with Crippen LogP contribution in [0.1, 0.15) is 49.3 Å². The fraction of sp³-hybridized carbons (Fsp3) is 0.667. The van der Waals surface area contributed by atoms with Crippen LogP contribution in [0.3, 0.4) is 0 Å². The summed E-state index contributed by atoms with van der Waals surface area (Å²) in [4.78, 5) is 6.38. The van der Waals surface area contributed by atoms with Crippen molar-refractivity contribution in [3.05, 3.63) is 29.6 Å². The van der Waals surface area contributed by atoms with E-state index in [-0.39, 0.29) is 5.54 Å². The van der Waals surface area contributed by atoms with E-state index in [2.05, 4.69) is 24.0 Å². The zero-order valence-electron chi connectivity index (χ0n) is 11.7. The number of likely N-dealkylation sites (N-methyl/N-ethyl adjacent to an activating group) is 1. The highest BCUT2D eigenvalue weighted by molar-refractivity contribution is 5.27. The molecule has 1 fully saturated rings. The summed E-state index contributed by atoms with van der Waals surface area (Å²) >= 11 is 0. The van der Waals surface area contributed by atoms with Crippen LogP contribution in [0, 0.1) is 6.92 Å². The Morgan fingerprint density at radius 1 is 1.28 bits per heavy atom. The molecule has 0 amide bonds. The Balaban J connectivity index is 2.34. The molecule has 18 heavy (non-hydrogen) atoms. The molecular weight excluding hydrogens is 224 g/mol. The van der Waals surface area contributed by atoms with Crippen LogP contribution in [-0.4, -0.2) is 34.6 Å². The van der Waals surface area contributed by atoms with Crippen LogP contribution in [0.2, 0.25) is 0 Å². The Bertz CT molecular complexity index is 397. The topological polar surface area (TPSA) is 36.4 Å². The molecule has 0 spiro atoms. The minimum Gasteiger partial charge on any atom is -0.386 e. The largest absolute Gasteiger partial charge is 0.386 e. The normalized spacial score (nSPS) is 20.9. The summed E-state index contributed by atoms with van der Waals surface area (Å²) in [6, 6.07) is 1.98. The Hall–Kier alpha value is -0.930. The standard InChI is InChI=1S/C15H24N2O/c1-12-7-10-16-11-13(12)14(18)15(17(2)3)8-5-4-6-9-15/h7,10-11,14,18H,4-6,8-9H2,1-3H3. The highest BCUT2D eigenvalue weighted by Gasteiger charge is 2.42. The first-order valence-electron chi connectivity index (χ1n) is 6.84. The van der Waals surface area contributed by atoms with Gasteiger partial charge in [0.2, 0.25) is 0 Å². The molecule has 1 atom stereocenters. The van der Waals surface area contributed by atoms with Gasteiger partial charge in [-0.3, -0.25) is 4.98 Å². The quantitative estimate of drug-likeness (QED) is 0.893. The smallest absolute Gasteiger partial charge is 0.0990 e. The lowest BCUT2D eigenvalue weighted by atomic mass is 9.74. The van der Waals surface area contributed by atoms with Crippen molar-refractivity contribution in [1.82, 2.24) is 9.88 Å². The van der Waals surface area contributed by atoms with E-state index in [1.54, 1.807) is 6.20 Å². The molecule has 1 heterocycles. The van der Waals surface area contributed by atoms with Gasteiger partial charge in [0.05, 0.1) is 11.6 Å². The SMILES string of the molecule is Cc1ccncc1C(O)C1(N(C)C)CCCCC1. The van der Waals surface area contributed by atoms with Crippen LogP contribution in [0.25, 0.3) is 0 Å². The second kappa shape index (κ2) is 5.37. The van der Waals surface area contributed by atoms with Crippen LogP contribution in [0.5, 0.6) is 0 Å². The van der Waals surface area contributed by atoms with Crippen molar-refractivity contribution in [1.29, 1.82) is 0 Å². The van der Waals surface area contributed by atoms with Crippen LogP contribution in [0.15, 0.2) is 18.5 Å². The van der Waals surface area contributed by atoms with Crippen LogP contribution < -0.4 is 0 Å². The number of rotatable bonds is 3. The Morgan fingerprint density at radius 3 is 2.50 bits per heavy atom. The molecule has 0 aromatic carbocycles. The summed E-state index contributed by atoms with van der Waals surface area (Å²) < 4.78 is 0. The second-order valence-corrected chi connectivity index (χ2v) is 5.69. The molecule has 0 radical (unpaired) electrons. The van der Waals surface area contributed by atoms with E-state index in [1.807, 2.05) is 19.2 Å². The molecule has 3 nitrogen and oxygen atoms in total. The van der Waals surface area contributed by atoms with Crippen molar-refractivity contribution in [2.75, 3.05) is 14.1 Å². The van der Waals surface area contributed by atoms with E-state index in [1.165, 1.54) is 19.3 Å². The van der Waals surface area contributed by atoms with Gasteiger partial charge in [0.1, 0.15) is 0 Å². The summed E-state index contributed by atoms with van der Waals surface area (Å²) in [5.74, 6) is 0. The number of nitrogens with zero attached hydrogens (tertiary/aromatic N) is 2. The van der Waals surface area contributed by atoms with Crippen LogP contribution in [-0.2, 0) is 0 Å². The van der Waals surface area contributed by atoms with Crippen LogP contribution >= 0.6 is 0 Å². The lowest BCUT2D eigenvalue weighted by molar-refractivity contribution is -0.0340. The maximum absolute atomic E-state index is 10.9. The van der Waals surface area contributed by atoms with Gasteiger partial charge in [-0.15, -0.1) is 0 Å². The zero-order valence-corrected chi connectivity index (χ0v) is 11.7. The molecule has 1 N–H and O–H groups in total. The van der Waals surface area contributed by atoms with Gasteiger partial charge in [-0.25, -0.2) is 0 Å². The fourth-order valence-corrected chi connectivity index (χ4v) is 3.18.